The van der Waals surface area contributed by atoms with Gasteiger partial charge >= 0.3 is 18.1 Å². The number of pyridine rings is 1. The van der Waals surface area contributed by atoms with E-state index in [2.05, 4.69) is 20.6 Å². The summed E-state index contributed by atoms with van der Waals surface area (Å²) in [7, 11) is 0. The van der Waals surface area contributed by atoms with Crippen molar-refractivity contribution in [3.63, 3.8) is 0 Å². The summed E-state index contributed by atoms with van der Waals surface area (Å²) in [6, 6.07) is 12.2. The number of fused-ring (bicyclic) bond motifs is 1. The van der Waals surface area contributed by atoms with Gasteiger partial charge in [-0.2, -0.15) is 13.2 Å². The number of halogens is 4. The molecule has 2 aromatic carbocycles. The third-order valence-corrected chi connectivity index (χ3v) is 6.60. The number of ether oxygens (including phenoxy) is 1. The summed E-state index contributed by atoms with van der Waals surface area (Å²) in [6.07, 6.45) is -1.87. The second-order valence-electron chi connectivity index (χ2n) is 8.99. The average Bonchev–Trinajstić information content (AvgIpc) is 3.27. The fourth-order valence-electron chi connectivity index (χ4n) is 3.27. The number of hydrogen-bond donors (Lipinski definition) is 3. The molecule has 2 amide bonds. The maximum Gasteiger partial charge on any atom is 0.490 e. The number of aromatic nitrogens is 1. The summed E-state index contributed by atoms with van der Waals surface area (Å²) in [5, 5.41) is 14.2. The number of amides is 2. The first kappa shape index (κ1) is 33.1. The first-order chi connectivity index (χ1) is 20.2. The quantitative estimate of drug-likeness (QED) is 0.215. The van der Waals surface area contributed by atoms with Crippen LogP contribution in [0.25, 0.3) is 17.0 Å². The zero-order valence-corrected chi connectivity index (χ0v) is 24.4. The Morgan fingerprint density at radius 3 is 2.51 bits per heavy atom. The molecule has 4 rings (SSSR count). The van der Waals surface area contributed by atoms with Crippen molar-refractivity contribution in [3.8, 4) is 0 Å². The predicted molar refractivity (Wildman–Crippen MR) is 157 cm³/mol. The molecule has 10 nitrogen and oxygen atoms in total. The molecule has 0 bridgehead atoms. The van der Waals surface area contributed by atoms with Crippen molar-refractivity contribution in [2.45, 2.75) is 26.9 Å². The van der Waals surface area contributed by atoms with Gasteiger partial charge in [-0.25, -0.2) is 14.6 Å². The number of carboxylic acid groups (broad SMARTS) is 1. The Labute approximate surface area is 252 Å². The molecule has 1 aliphatic heterocycles. The largest absolute Gasteiger partial charge is 0.490 e. The summed E-state index contributed by atoms with van der Waals surface area (Å²) in [5.74, 6) is -3.78. The van der Waals surface area contributed by atoms with Gasteiger partial charge in [-0.3, -0.25) is 14.6 Å². The van der Waals surface area contributed by atoms with E-state index in [9.17, 15) is 27.6 Å². The lowest BCUT2D eigenvalue weighted by Gasteiger charge is -2.09. The summed E-state index contributed by atoms with van der Waals surface area (Å²) in [5.41, 5.74) is 2.83. The summed E-state index contributed by atoms with van der Waals surface area (Å²) in [6.45, 7) is 5.63. The van der Waals surface area contributed by atoms with Gasteiger partial charge in [0.1, 0.15) is 0 Å². The first-order valence-electron chi connectivity index (χ1n) is 12.4. The topological polar surface area (TPSA) is 147 Å². The normalized spacial score (nSPS) is 14.8. The van der Waals surface area contributed by atoms with E-state index in [1.54, 1.807) is 51.1 Å². The van der Waals surface area contributed by atoms with Crippen LogP contribution in [0.2, 0.25) is 5.02 Å². The summed E-state index contributed by atoms with van der Waals surface area (Å²) >= 11 is 7.47. The minimum atomic E-state index is -5.08. The van der Waals surface area contributed by atoms with Crippen molar-refractivity contribution < 1.29 is 42.2 Å². The highest BCUT2D eigenvalue weighted by Gasteiger charge is 2.38. The molecule has 0 unspecified atom stereocenters. The molecule has 3 N–H and O–H groups in total. The molecular formula is C28H24ClF3N4O6S. The number of amidine groups is 1. The highest BCUT2D eigenvalue weighted by atomic mass is 35.5. The molecule has 1 fully saturated rings. The zero-order chi connectivity index (χ0) is 31.9. The Balaban J connectivity index is 0.000000646. The van der Waals surface area contributed by atoms with Gasteiger partial charge in [-0.05, 0) is 66.7 Å². The smallest absolute Gasteiger partial charge is 0.475 e. The van der Waals surface area contributed by atoms with Crippen molar-refractivity contribution in [2.75, 3.05) is 11.9 Å². The SMILES string of the molecule is CCOC(=O)c1cnc2ccc(C=C3SC(=Nc4cc(NC(=O)C(C)C)ccc4Cl)NC3=O)cc2c1.O=C(O)C(F)(F)F. The van der Waals surface area contributed by atoms with Gasteiger partial charge < -0.3 is 20.5 Å². The van der Waals surface area contributed by atoms with E-state index in [0.717, 1.165) is 16.5 Å². The molecule has 15 heteroatoms. The second-order valence-corrected chi connectivity index (χ2v) is 10.4. The molecule has 0 aliphatic carbocycles. The molecule has 0 spiro atoms. The number of nitrogens with zero attached hydrogens (tertiary/aromatic N) is 2. The minimum absolute atomic E-state index is 0.121. The number of hydrogen-bond acceptors (Lipinski definition) is 8. The molecule has 3 aromatic rings. The Morgan fingerprint density at radius 2 is 1.88 bits per heavy atom. The fourth-order valence-corrected chi connectivity index (χ4v) is 4.26. The van der Waals surface area contributed by atoms with Crippen molar-refractivity contribution in [1.29, 1.82) is 0 Å². The van der Waals surface area contributed by atoms with E-state index in [1.807, 2.05) is 18.2 Å². The zero-order valence-electron chi connectivity index (χ0n) is 22.8. The van der Waals surface area contributed by atoms with Crippen molar-refractivity contribution in [1.82, 2.24) is 10.3 Å². The number of aliphatic carboxylic acids is 1. The molecule has 1 aromatic heterocycles. The number of anilines is 1. The Kier molecular flexibility index (Phi) is 10.9. The van der Waals surface area contributed by atoms with E-state index in [1.165, 1.54) is 18.0 Å². The highest BCUT2D eigenvalue weighted by Crippen LogP contribution is 2.33. The van der Waals surface area contributed by atoms with Crippen molar-refractivity contribution >= 4 is 80.6 Å². The van der Waals surface area contributed by atoms with Crippen LogP contribution in [0.4, 0.5) is 24.5 Å². The van der Waals surface area contributed by atoms with Gasteiger partial charge in [0.15, 0.2) is 5.17 Å². The monoisotopic (exact) mass is 636 g/mol. The molecule has 0 atom stereocenters. The number of carbonyl (C=O) groups excluding carboxylic acids is 3. The maximum atomic E-state index is 12.6. The summed E-state index contributed by atoms with van der Waals surface area (Å²) < 4.78 is 36.8. The number of carboxylic acids is 1. The number of thioether (sulfide) groups is 1. The van der Waals surface area contributed by atoms with Gasteiger partial charge in [0, 0.05) is 23.2 Å². The van der Waals surface area contributed by atoms with E-state index in [0.29, 0.717) is 32.0 Å². The predicted octanol–water partition coefficient (Wildman–Crippen LogP) is 6.18. The molecule has 0 saturated carbocycles. The Morgan fingerprint density at radius 1 is 1.19 bits per heavy atom. The lowest BCUT2D eigenvalue weighted by atomic mass is 10.1. The molecule has 226 valence electrons. The number of aliphatic imine (C=N–C) groups is 1. The third-order valence-electron chi connectivity index (χ3n) is 5.37. The number of carbonyl (C=O) groups is 4. The van der Waals surface area contributed by atoms with Crippen LogP contribution >= 0.6 is 23.4 Å². The highest BCUT2D eigenvalue weighted by molar-refractivity contribution is 8.18. The van der Waals surface area contributed by atoms with Crippen LogP contribution in [-0.2, 0) is 19.1 Å². The first-order valence-corrected chi connectivity index (χ1v) is 13.6. The molecular weight excluding hydrogens is 613 g/mol. The molecule has 0 radical (unpaired) electrons. The Hall–Kier alpha value is -4.43. The molecule has 43 heavy (non-hydrogen) atoms. The minimum Gasteiger partial charge on any atom is -0.475 e. The number of nitrogens with one attached hydrogen (secondary N) is 2. The molecule has 2 heterocycles. The van der Waals surface area contributed by atoms with Crippen molar-refractivity contribution in [3.05, 3.63) is 69.7 Å². The second kappa shape index (κ2) is 14.2. The van der Waals surface area contributed by atoms with E-state index < -0.39 is 18.1 Å². The fraction of sp³-hybridized carbons (Fsp3) is 0.214. The van der Waals surface area contributed by atoms with Gasteiger partial charge in [0.05, 0.1) is 33.3 Å². The Bertz CT molecular complexity index is 1640. The number of alkyl halides is 3. The van der Waals surface area contributed by atoms with Gasteiger partial charge in [0.25, 0.3) is 5.91 Å². The van der Waals surface area contributed by atoms with Crippen LogP contribution in [0.1, 0.15) is 36.7 Å². The van der Waals surface area contributed by atoms with Crippen LogP contribution in [-0.4, -0.2) is 51.8 Å². The van der Waals surface area contributed by atoms with Crippen LogP contribution in [0, 0.1) is 5.92 Å². The van der Waals surface area contributed by atoms with Crippen LogP contribution in [0.3, 0.4) is 0 Å². The number of rotatable bonds is 6. The van der Waals surface area contributed by atoms with Crippen LogP contribution in [0.5, 0.6) is 0 Å². The van der Waals surface area contributed by atoms with Crippen molar-refractivity contribution in [2.24, 2.45) is 10.9 Å². The van der Waals surface area contributed by atoms with Gasteiger partial charge in [0.2, 0.25) is 5.91 Å². The number of benzene rings is 2. The van der Waals surface area contributed by atoms with E-state index in [-0.39, 0.29) is 24.3 Å². The standard InChI is InChI=1S/C26H23ClN4O4S.C2HF3O2/c1-4-35-25(34)17-11-16-9-15(5-8-20(16)28-13-17)10-22-24(33)31-26(36-22)30-21-12-18(6-7-19(21)27)29-23(32)14(2)3;3-2(4,5)1(6)7/h5-14H,4H2,1-3H3,(H,29,32)(H,30,31,33);(H,6,7). The third kappa shape index (κ3) is 9.28. The molecule has 1 saturated heterocycles. The average molecular weight is 637 g/mol. The summed E-state index contributed by atoms with van der Waals surface area (Å²) in [4.78, 5) is 54.7. The van der Waals surface area contributed by atoms with Crippen LogP contribution < -0.4 is 10.6 Å². The van der Waals surface area contributed by atoms with Gasteiger partial charge in [-0.15, -0.1) is 0 Å². The van der Waals surface area contributed by atoms with Crippen LogP contribution in [0.15, 0.2) is 58.6 Å². The number of esters is 1. The van der Waals surface area contributed by atoms with E-state index in [4.69, 9.17) is 26.2 Å². The maximum absolute atomic E-state index is 12.6. The van der Waals surface area contributed by atoms with E-state index >= 15 is 0 Å². The lowest BCUT2D eigenvalue weighted by molar-refractivity contribution is -0.192. The lowest BCUT2D eigenvalue weighted by Crippen LogP contribution is -2.21. The molecule has 1 aliphatic rings. The van der Waals surface area contributed by atoms with Gasteiger partial charge in [-0.1, -0.05) is 31.5 Å².